The van der Waals surface area contributed by atoms with Crippen LogP contribution in [0.25, 0.3) is 0 Å². The van der Waals surface area contributed by atoms with E-state index < -0.39 is 11.6 Å². The Morgan fingerprint density at radius 1 is 1.00 bits per heavy atom. The van der Waals surface area contributed by atoms with Gasteiger partial charge in [0.05, 0.1) is 6.42 Å². The minimum absolute atomic E-state index is 0.0506. The van der Waals surface area contributed by atoms with Crippen molar-refractivity contribution < 1.29 is 22.8 Å². The van der Waals surface area contributed by atoms with Crippen LogP contribution in [-0.4, -0.2) is 29.8 Å². The minimum atomic E-state index is -0.981. The monoisotopic (exact) mass is 418 g/mol. The Hall–Kier alpha value is -2.83. The van der Waals surface area contributed by atoms with Gasteiger partial charge in [-0.25, -0.2) is 13.2 Å². The molecule has 0 spiro atoms. The summed E-state index contributed by atoms with van der Waals surface area (Å²) >= 11 is 0. The highest BCUT2D eigenvalue weighted by Crippen LogP contribution is 2.22. The topological polar surface area (TPSA) is 49.4 Å². The summed E-state index contributed by atoms with van der Waals surface area (Å²) in [7, 11) is 0. The van der Waals surface area contributed by atoms with Gasteiger partial charge < -0.3 is 10.2 Å². The second kappa shape index (κ2) is 10.3. The molecule has 2 aromatic carbocycles. The van der Waals surface area contributed by atoms with E-state index in [0.29, 0.717) is 31.5 Å². The summed E-state index contributed by atoms with van der Waals surface area (Å²) < 4.78 is 40.8. The molecule has 0 aliphatic carbocycles. The first-order valence-corrected chi connectivity index (χ1v) is 10.1. The predicted octanol–water partition coefficient (Wildman–Crippen LogP) is 3.98. The lowest BCUT2D eigenvalue weighted by atomic mass is 9.93. The van der Waals surface area contributed by atoms with E-state index in [1.165, 1.54) is 18.2 Å². The lowest BCUT2D eigenvalue weighted by molar-refractivity contribution is -0.132. The minimum Gasteiger partial charge on any atom is -0.352 e. The van der Waals surface area contributed by atoms with Crippen LogP contribution in [0, 0.1) is 23.4 Å². The third-order valence-electron chi connectivity index (χ3n) is 5.46. The van der Waals surface area contributed by atoms with Gasteiger partial charge in [0, 0.05) is 37.2 Å². The van der Waals surface area contributed by atoms with Gasteiger partial charge in [-0.2, -0.15) is 0 Å². The van der Waals surface area contributed by atoms with E-state index in [0.717, 1.165) is 18.9 Å². The summed E-state index contributed by atoms with van der Waals surface area (Å²) in [5.41, 5.74) is 0.486. The number of benzene rings is 2. The Labute approximate surface area is 174 Å². The van der Waals surface area contributed by atoms with Crippen LogP contribution in [0.4, 0.5) is 13.2 Å². The van der Waals surface area contributed by atoms with Gasteiger partial charge in [-0.3, -0.25) is 9.59 Å². The number of hydrogen-bond donors (Lipinski definition) is 1. The number of piperidine rings is 1. The normalized spacial score (nSPS) is 16.4. The molecule has 1 atom stereocenters. The molecular formula is C23H25F3N2O2. The number of amides is 2. The van der Waals surface area contributed by atoms with Crippen LogP contribution in [-0.2, 0) is 22.6 Å². The lowest BCUT2D eigenvalue weighted by Gasteiger charge is -2.33. The zero-order valence-electron chi connectivity index (χ0n) is 16.7. The van der Waals surface area contributed by atoms with Crippen molar-refractivity contribution in [1.29, 1.82) is 0 Å². The molecule has 160 valence electrons. The average Bonchev–Trinajstić information content (AvgIpc) is 2.75. The highest BCUT2D eigenvalue weighted by Gasteiger charge is 2.25. The first-order valence-electron chi connectivity index (χ1n) is 10.1. The highest BCUT2D eigenvalue weighted by atomic mass is 19.2. The van der Waals surface area contributed by atoms with Gasteiger partial charge in [-0.1, -0.05) is 30.3 Å². The fourth-order valence-corrected chi connectivity index (χ4v) is 3.75. The maximum Gasteiger partial charge on any atom is 0.227 e. The molecule has 7 heteroatoms. The SMILES string of the molecule is O=C(CC[C@H]1CCCN(C(=O)Cc2cccc(F)c2F)C1)NCc1ccccc1F. The fraction of sp³-hybridized carbons (Fsp3) is 0.391. The zero-order chi connectivity index (χ0) is 21.5. The van der Waals surface area contributed by atoms with Crippen LogP contribution in [0.1, 0.15) is 36.8 Å². The zero-order valence-corrected chi connectivity index (χ0v) is 16.7. The lowest BCUT2D eigenvalue weighted by Crippen LogP contribution is -2.41. The third kappa shape index (κ3) is 5.84. The van der Waals surface area contributed by atoms with Crippen LogP contribution >= 0.6 is 0 Å². The van der Waals surface area contributed by atoms with E-state index in [1.807, 2.05) is 0 Å². The molecule has 2 amide bonds. The Bertz CT molecular complexity index is 904. The Kier molecular flexibility index (Phi) is 7.49. The third-order valence-corrected chi connectivity index (χ3v) is 5.46. The number of halogens is 3. The average molecular weight is 418 g/mol. The van der Waals surface area contributed by atoms with E-state index >= 15 is 0 Å². The first kappa shape index (κ1) is 21.9. The largest absolute Gasteiger partial charge is 0.352 e. The van der Waals surface area contributed by atoms with E-state index in [2.05, 4.69) is 5.32 Å². The van der Waals surface area contributed by atoms with Crippen LogP contribution in [0.5, 0.6) is 0 Å². The van der Waals surface area contributed by atoms with Crippen molar-refractivity contribution in [2.75, 3.05) is 13.1 Å². The molecule has 1 heterocycles. The second-order valence-electron chi connectivity index (χ2n) is 7.64. The van der Waals surface area contributed by atoms with Crippen molar-refractivity contribution in [1.82, 2.24) is 10.2 Å². The summed E-state index contributed by atoms with van der Waals surface area (Å²) in [6.45, 7) is 1.21. The molecule has 4 nitrogen and oxygen atoms in total. The molecule has 1 fully saturated rings. The van der Waals surface area contributed by atoms with Gasteiger partial charge in [0.2, 0.25) is 11.8 Å². The van der Waals surface area contributed by atoms with Crippen molar-refractivity contribution in [2.45, 2.75) is 38.6 Å². The van der Waals surface area contributed by atoms with E-state index in [9.17, 15) is 22.8 Å². The molecular weight excluding hydrogens is 393 g/mol. The summed E-state index contributed by atoms with van der Waals surface area (Å²) in [5.74, 6) is -2.53. The smallest absolute Gasteiger partial charge is 0.227 e. The van der Waals surface area contributed by atoms with E-state index in [1.54, 1.807) is 23.1 Å². The van der Waals surface area contributed by atoms with Crippen LogP contribution in [0.15, 0.2) is 42.5 Å². The molecule has 1 saturated heterocycles. The molecule has 0 aromatic heterocycles. The van der Waals surface area contributed by atoms with Crippen molar-refractivity contribution in [3.05, 3.63) is 71.0 Å². The van der Waals surface area contributed by atoms with Gasteiger partial charge in [0.1, 0.15) is 5.82 Å². The molecule has 3 rings (SSSR count). The number of likely N-dealkylation sites (tertiary alicyclic amines) is 1. The van der Waals surface area contributed by atoms with E-state index in [4.69, 9.17) is 0 Å². The van der Waals surface area contributed by atoms with Gasteiger partial charge in [-0.05, 0) is 37.3 Å². The molecule has 2 aromatic rings. The summed E-state index contributed by atoms with van der Waals surface area (Å²) in [5, 5.41) is 2.72. The molecule has 30 heavy (non-hydrogen) atoms. The maximum atomic E-state index is 13.8. The van der Waals surface area contributed by atoms with Crippen LogP contribution in [0.3, 0.4) is 0 Å². The molecule has 1 aliphatic rings. The summed E-state index contributed by atoms with van der Waals surface area (Å²) in [4.78, 5) is 26.3. The predicted molar refractivity (Wildman–Crippen MR) is 107 cm³/mol. The van der Waals surface area contributed by atoms with Gasteiger partial charge in [-0.15, -0.1) is 0 Å². The molecule has 0 bridgehead atoms. The van der Waals surface area contributed by atoms with Crippen molar-refractivity contribution in [3.63, 3.8) is 0 Å². The summed E-state index contributed by atoms with van der Waals surface area (Å²) in [6.07, 6.45) is 2.43. The quantitative estimate of drug-likeness (QED) is 0.740. The number of carbonyl (C=O) groups excluding carboxylic acids is 2. The maximum absolute atomic E-state index is 13.8. The van der Waals surface area contributed by atoms with Gasteiger partial charge in [0.25, 0.3) is 0 Å². The van der Waals surface area contributed by atoms with Crippen LogP contribution < -0.4 is 5.32 Å². The Morgan fingerprint density at radius 3 is 2.53 bits per heavy atom. The highest BCUT2D eigenvalue weighted by molar-refractivity contribution is 5.79. The number of nitrogens with zero attached hydrogens (tertiary/aromatic N) is 1. The molecule has 0 saturated carbocycles. The number of nitrogens with one attached hydrogen (secondary N) is 1. The van der Waals surface area contributed by atoms with Crippen molar-refractivity contribution in [3.8, 4) is 0 Å². The molecule has 0 unspecified atom stereocenters. The Balaban J connectivity index is 1.45. The second-order valence-corrected chi connectivity index (χ2v) is 7.64. The van der Waals surface area contributed by atoms with Crippen molar-refractivity contribution in [2.24, 2.45) is 5.92 Å². The molecule has 1 aliphatic heterocycles. The standard InChI is InChI=1S/C23H25F3N2O2/c24-19-8-2-1-6-18(19)14-27-21(29)11-10-16-5-4-12-28(15-16)22(30)13-17-7-3-9-20(25)23(17)26/h1-3,6-9,16H,4-5,10-15H2,(H,27,29)/t16-/m1/s1. The summed E-state index contributed by atoms with van der Waals surface area (Å²) in [6, 6.07) is 10.1. The van der Waals surface area contributed by atoms with Crippen molar-refractivity contribution >= 4 is 11.8 Å². The number of carbonyl (C=O) groups is 2. The first-order chi connectivity index (χ1) is 14.4. The number of rotatable bonds is 7. The fourth-order valence-electron chi connectivity index (χ4n) is 3.75. The van der Waals surface area contributed by atoms with Gasteiger partial charge >= 0.3 is 0 Å². The van der Waals surface area contributed by atoms with E-state index in [-0.39, 0.29) is 42.1 Å². The molecule has 0 radical (unpaired) electrons. The van der Waals surface area contributed by atoms with Gasteiger partial charge in [0.15, 0.2) is 11.6 Å². The number of hydrogen-bond acceptors (Lipinski definition) is 2. The Morgan fingerprint density at radius 2 is 1.73 bits per heavy atom. The molecule has 1 N–H and O–H groups in total. The van der Waals surface area contributed by atoms with Crippen LogP contribution in [0.2, 0.25) is 0 Å².